The molecule has 4 heteroatoms. The van der Waals surface area contributed by atoms with Gasteiger partial charge in [0.25, 0.3) is 0 Å². The van der Waals surface area contributed by atoms with Crippen molar-refractivity contribution >= 4 is 0 Å². The summed E-state index contributed by atoms with van der Waals surface area (Å²) in [4.78, 5) is 4.20. The molecule has 2 aromatic rings. The lowest BCUT2D eigenvalue weighted by molar-refractivity contribution is -0.0401. The quantitative estimate of drug-likeness (QED) is 0.565. The highest BCUT2D eigenvalue weighted by atomic mass is 16.7. The van der Waals surface area contributed by atoms with Crippen LogP contribution in [0.1, 0.15) is 11.3 Å². The molecule has 0 spiro atoms. The topological polar surface area (TPSA) is 40.6 Å². The van der Waals surface area contributed by atoms with E-state index in [0.717, 1.165) is 11.3 Å². The summed E-state index contributed by atoms with van der Waals surface area (Å²) in [6, 6.07) is 14.8. The lowest BCUT2D eigenvalue weighted by Crippen LogP contribution is -2.00. The molecule has 0 saturated carbocycles. The van der Waals surface area contributed by atoms with Crippen molar-refractivity contribution in [2.75, 3.05) is 13.9 Å². The first-order valence-corrected chi connectivity index (χ1v) is 5.98. The van der Waals surface area contributed by atoms with Crippen LogP contribution in [0.5, 0.6) is 5.75 Å². The maximum absolute atomic E-state index is 5.61. The zero-order chi connectivity index (χ0) is 13.3. The van der Waals surface area contributed by atoms with Gasteiger partial charge in [-0.1, -0.05) is 30.3 Å². The Labute approximate surface area is 113 Å². The first-order chi connectivity index (χ1) is 9.38. The number of methoxy groups -OCH3 is 1. The van der Waals surface area contributed by atoms with Gasteiger partial charge >= 0.3 is 0 Å². The predicted molar refractivity (Wildman–Crippen MR) is 70.5 cm³/mol. The fourth-order valence-corrected chi connectivity index (χ4v) is 1.49. The number of hydrogen-bond acceptors (Lipinski definition) is 4. The van der Waals surface area contributed by atoms with Crippen molar-refractivity contribution in [2.24, 2.45) is 0 Å². The van der Waals surface area contributed by atoms with Crippen LogP contribution < -0.4 is 4.74 Å². The number of hydrogen-bond donors (Lipinski definition) is 0. The third-order valence-corrected chi connectivity index (χ3v) is 2.42. The predicted octanol–water partition coefficient (Wildman–Crippen LogP) is 2.58. The average Bonchev–Trinajstić information content (AvgIpc) is 2.48. The van der Waals surface area contributed by atoms with Crippen LogP contribution in [0.2, 0.25) is 0 Å². The Morgan fingerprint density at radius 2 is 2.00 bits per heavy atom. The summed E-state index contributed by atoms with van der Waals surface area (Å²) >= 11 is 0. The Hall–Kier alpha value is -1.91. The van der Waals surface area contributed by atoms with Gasteiger partial charge in [0.1, 0.15) is 19.1 Å². The monoisotopic (exact) mass is 258 g/mol. The van der Waals surface area contributed by atoms with Crippen molar-refractivity contribution in [1.29, 1.82) is 0 Å². The van der Waals surface area contributed by atoms with Crippen LogP contribution in [0.4, 0.5) is 0 Å². The van der Waals surface area contributed by atoms with E-state index in [1.54, 1.807) is 19.4 Å². The van der Waals surface area contributed by atoms with E-state index in [-0.39, 0.29) is 6.79 Å². The summed E-state index contributed by atoms with van der Waals surface area (Å²) in [6.45, 7) is 1.16. The second-order valence-electron chi connectivity index (χ2n) is 3.93. The molecule has 0 saturated heterocycles. The minimum absolute atomic E-state index is 0.252. The zero-order valence-electron chi connectivity index (χ0n) is 10.8. The Morgan fingerprint density at radius 3 is 2.68 bits per heavy atom. The number of rotatable bonds is 7. The van der Waals surface area contributed by atoms with Gasteiger partial charge in [-0.2, -0.15) is 0 Å². The SMILES string of the molecule is COCOCc1[c]cc(OCc2ccccc2)cn1. The Morgan fingerprint density at radius 1 is 1.16 bits per heavy atom. The van der Waals surface area contributed by atoms with Crippen molar-refractivity contribution in [3.8, 4) is 5.75 Å². The molecule has 0 aliphatic rings. The van der Waals surface area contributed by atoms with Crippen molar-refractivity contribution in [1.82, 2.24) is 4.98 Å². The molecule has 2 rings (SSSR count). The highest BCUT2D eigenvalue weighted by Gasteiger charge is 1.99. The molecule has 1 heterocycles. The second kappa shape index (κ2) is 7.51. The van der Waals surface area contributed by atoms with E-state index in [4.69, 9.17) is 14.2 Å². The van der Waals surface area contributed by atoms with Crippen LogP contribution in [-0.4, -0.2) is 18.9 Å². The molecule has 0 aliphatic heterocycles. The molecular weight excluding hydrogens is 242 g/mol. The molecule has 0 amide bonds. The standard InChI is InChI=1S/C15H16NO3/c1-17-12-18-11-14-7-8-15(9-16-14)19-10-13-5-3-2-4-6-13/h2-6,8-9H,10-12H2,1H3. The average molecular weight is 258 g/mol. The van der Waals surface area contributed by atoms with Gasteiger partial charge in [0.15, 0.2) is 0 Å². The fourth-order valence-electron chi connectivity index (χ4n) is 1.49. The van der Waals surface area contributed by atoms with Crippen LogP contribution in [0, 0.1) is 6.07 Å². The first-order valence-electron chi connectivity index (χ1n) is 5.98. The summed E-state index contributed by atoms with van der Waals surface area (Å²) in [5.41, 5.74) is 1.85. The van der Waals surface area contributed by atoms with Gasteiger partial charge in [-0.25, -0.2) is 0 Å². The lowest BCUT2D eigenvalue weighted by atomic mass is 10.2. The van der Waals surface area contributed by atoms with Gasteiger partial charge in [-0.15, -0.1) is 0 Å². The lowest BCUT2D eigenvalue weighted by Gasteiger charge is -2.06. The van der Waals surface area contributed by atoms with E-state index in [2.05, 4.69) is 11.1 Å². The van der Waals surface area contributed by atoms with Crippen LogP contribution in [0.3, 0.4) is 0 Å². The molecule has 99 valence electrons. The molecule has 0 bridgehead atoms. The molecule has 4 nitrogen and oxygen atoms in total. The fraction of sp³-hybridized carbons (Fsp3) is 0.267. The number of pyridine rings is 1. The highest BCUT2D eigenvalue weighted by molar-refractivity contribution is 5.20. The zero-order valence-corrected chi connectivity index (χ0v) is 10.8. The Bertz CT molecular complexity index is 471. The van der Waals surface area contributed by atoms with Crippen LogP contribution in [0.25, 0.3) is 0 Å². The number of aromatic nitrogens is 1. The molecule has 0 unspecified atom stereocenters. The van der Waals surface area contributed by atoms with E-state index in [1.165, 1.54) is 0 Å². The van der Waals surface area contributed by atoms with Crippen molar-refractivity contribution in [3.05, 3.63) is 59.9 Å². The van der Waals surface area contributed by atoms with Crippen LogP contribution in [0.15, 0.2) is 42.6 Å². The Kier molecular flexibility index (Phi) is 5.34. The minimum Gasteiger partial charge on any atom is -0.487 e. The summed E-state index contributed by atoms with van der Waals surface area (Å²) in [7, 11) is 1.58. The molecular formula is C15H16NO3. The van der Waals surface area contributed by atoms with Gasteiger partial charge < -0.3 is 14.2 Å². The van der Waals surface area contributed by atoms with Gasteiger partial charge in [0.2, 0.25) is 0 Å². The first kappa shape index (κ1) is 13.5. The van der Waals surface area contributed by atoms with E-state index >= 15 is 0 Å². The summed E-state index contributed by atoms with van der Waals surface area (Å²) in [5.74, 6) is 0.694. The molecule has 0 N–H and O–H groups in total. The third kappa shape index (κ3) is 4.69. The summed E-state index contributed by atoms with van der Waals surface area (Å²) < 4.78 is 15.6. The van der Waals surface area contributed by atoms with E-state index in [0.29, 0.717) is 19.0 Å². The summed E-state index contributed by atoms with van der Waals surface area (Å²) in [5, 5.41) is 0. The molecule has 1 aromatic heterocycles. The molecule has 0 fully saturated rings. The van der Waals surface area contributed by atoms with Crippen molar-refractivity contribution in [3.63, 3.8) is 0 Å². The summed E-state index contributed by atoms with van der Waals surface area (Å²) in [6.07, 6.45) is 1.67. The molecule has 0 atom stereocenters. The van der Waals surface area contributed by atoms with Crippen molar-refractivity contribution < 1.29 is 14.2 Å². The number of benzene rings is 1. The van der Waals surface area contributed by atoms with Gasteiger partial charge in [-0.05, 0) is 11.6 Å². The molecule has 19 heavy (non-hydrogen) atoms. The Balaban J connectivity index is 1.81. The highest BCUT2D eigenvalue weighted by Crippen LogP contribution is 2.11. The normalized spacial score (nSPS) is 10.4. The van der Waals surface area contributed by atoms with E-state index < -0.39 is 0 Å². The maximum atomic E-state index is 5.61. The second-order valence-corrected chi connectivity index (χ2v) is 3.93. The minimum atomic E-state index is 0.252. The number of ether oxygens (including phenoxy) is 3. The van der Waals surface area contributed by atoms with E-state index in [1.807, 2.05) is 30.3 Å². The smallest absolute Gasteiger partial charge is 0.146 e. The molecule has 1 aromatic carbocycles. The van der Waals surface area contributed by atoms with Gasteiger partial charge in [-0.3, -0.25) is 4.98 Å². The van der Waals surface area contributed by atoms with Gasteiger partial charge in [0.05, 0.1) is 18.5 Å². The van der Waals surface area contributed by atoms with Gasteiger partial charge in [0, 0.05) is 13.2 Å². The van der Waals surface area contributed by atoms with Crippen LogP contribution in [-0.2, 0) is 22.7 Å². The van der Waals surface area contributed by atoms with Crippen molar-refractivity contribution in [2.45, 2.75) is 13.2 Å². The maximum Gasteiger partial charge on any atom is 0.146 e. The third-order valence-electron chi connectivity index (χ3n) is 2.42. The number of nitrogens with zero attached hydrogens (tertiary/aromatic N) is 1. The molecule has 1 radical (unpaired) electrons. The molecule has 0 aliphatic carbocycles. The van der Waals surface area contributed by atoms with Crippen LogP contribution >= 0.6 is 0 Å². The largest absolute Gasteiger partial charge is 0.487 e. The van der Waals surface area contributed by atoms with E-state index in [9.17, 15) is 0 Å².